The Kier molecular flexibility index (Phi) is 5.59. The van der Waals surface area contributed by atoms with E-state index in [1.807, 2.05) is 11.9 Å². The fraction of sp³-hybridized carbons (Fsp3) is 0.350. The summed E-state index contributed by atoms with van der Waals surface area (Å²) in [6.45, 7) is 1.62. The Bertz CT molecular complexity index is 1170. The standard InChI is InChI=1S/C20H21ClFN3O5S/c1-23-4-6-25(7-5-23)31(29,30)17-9-16(26)19(27)18-13(17)11-24(20(18)28)10-12-2-3-15(22)14(21)8-12/h2-3,8-9,26-27H,4-7,10-11H2,1H3. The average Bonchev–Trinajstić information content (AvgIpc) is 3.04. The number of phenols is 2. The molecule has 0 aromatic heterocycles. The van der Waals surface area contributed by atoms with Crippen LogP contribution >= 0.6 is 11.6 Å². The number of fused-ring (bicyclic) bond motifs is 1. The van der Waals surface area contributed by atoms with Crippen molar-refractivity contribution < 1.29 is 27.8 Å². The van der Waals surface area contributed by atoms with E-state index in [0.29, 0.717) is 18.7 Å². The Morgan fingerprint density at radius 1 is 1.13 bits per heavy atom. The molecule has 31 heavy (non-hydrogen) atoms. The Morgan fingerprint density at radius 2 is 1.81 bits per heavy atom. The quantitative estimate of drug-likeness (QED) is 0.664. The lowest BCUT2D eigenvalue weighted by molar-refractivity contribution is 0.0764. The van der Waals surface area contributed by atoms with Gasteiger partial charge in [-0.25, -0.2) is 12.8 Å². The number of benzene rings is 2. The number of piperazine rings is 1. The normalized spacial score (nSPS) is 17.9. The van der Waals surface area contributed by atoms with Crippen LogP contribution in [0, 0.1) is 5.82 Å². The van der Waals surface area contributed by atoms with E-state index in [1.54, 1.807) is 0 Å². The maximum absolute atomic E-state index is 13.4. The molecule has 0 bridgehead atoms. The summed E-state index contributed by atoms with van der Waals surface area (Å²) in [5.41, 5.74) is 0.438. The molecular formula is C20H21ClFN3O5S. The molecule has 4 rings (SSSR count). The first-order valence-electron chi connectivity index (χ1n) is 9.59. The molecule has 0 unspecified atom stereocenters. The topological polar surface area (TPSA) is 101 Å². The van der Waals surface area contributed by atoms with E-state index in [-0.39, 0.29) is 47.2 Å². The molecule has 2 aromatic carbocycles. The Balaban J connectivity index is 1.71. The van der Waals surface area contributed by atoms with Gasteiger partial charge in [0.1, 0.15) is 5.82 Å². The molecule has 8 nitrogen and oxygen atoms in total. The van der Waals surface area contributed by atoms with Gasteiger partial charge in [0, 0.05) is 50.9 Å². The SMILES string of the molecule is CN1CCN(S(=O)(=O)c2cc(O)c(O)c3c2CN(Cc2ccc(F)c(Cl)c2)C3=O)CC1. The summed E-state index contributed by atoms with van der Waals surface area (Å²) in [6, 6.07) is 5.02. The third kappa shape index (κ3) is 3.84. The van der Waals surface area contributed by atoms with Gasteiger partial charge < -0.3 is 20.0 Å². The van der Waals surface area contributed by atoms with E-state index in [1.165, 1.54) is 27.4 Å². The summed E-state index contributed by atoms with van der Waals surface area (Å²) in [4.78, 5) is 16.1. The number of hydrogen-bond donors (Lipinski definition) is 2. The summed E-state index contributed by atoms with van der Waals surface area (Å²) in [5, 5.41) is 20.4. The molecule has 2 aromatic rings. The van der Waals surface area contributed by atoms with E-state index in [9.17, 15) is 27.8 Å². The van der Waals surface area contributed by atoms with Gasteiger partial charge >= 0.3 is 0 Å². The van der Waals surface area contributed by atoms with Crippen LogP contribution in [0.25, 0.3) is 0 Å². The number of likely N-dealkylation sites (N-methyl/N-ethyl adjacent to an activating group) is 1. The summed E-state index contributed by atoms with van der Waals surface area (Å²) >= 11 is 5.81. The van der Waals surface area contributed by atoms with Crippen molar-refractivity contribution >= 4 is 27.5 Å². The molecule has 1 fully saturated rings. The fourth-order valence-electron chi connectivity index (χ4n) is 3.87. The summed E-state index contributed by atoms with van der Waals surface area (Å²) in [6.07, 6.45) is 0. The average molecular weight is 470 g/mol. The van der Waals surface area contributed by atoms with Crippen molar-refractivity contribution in [3.05, 3.63) is 51.8 Å². The maximum atomic E-state index is 13.4. The zero-order chi connectivity index (χ0) is 22.5. The van der Waals surface area contributed by atoms with Gasteiger partial charge in [0.15, 0.2) is 11.5 Å². The molecule has 1 amide bonds. The van der Waals surface area contributed by atoms with Gasteiger partial charge in [-0.15, -0.1) is 0 Å². The van der Waals surface area contributed by atoms with Crippen molar-refractivity contribution in [3.8, 4) is 11.5 Å². The second-order valence-electron chi connectivity index (χ2n) is 7.71. The van der Waals surface area contributed by atoms with Crippen molar-refractivity contribution in [3.63, 3.8) is 0 Å². The largest absolute Gasteiger partial charge is 0.504 e. The summed E-state index contributed by atoms with van der Waals surface area (Å²) in [7, 11) is -2.10. The third-order valence-electron chi connectivity index (χ3n) is 5.63. The summed E-state index contributed by atoms with van der Waals surface area (Å²) in [5.74, 6) is -2.55. The lowest BCUT2D eigenvalue weighted by atomic mass is 10.1. The van der Waals surface area contributed by atoms with Crippen LogP contribution < -0.4 is 0 Å². The number of halogens is 2. The van der Waals surface area contributed by atoms with Gasteiger partial charge in [-0.05, 0) is 24.7 Å². The second kappa shape index (κ2) is 7.94. The second-order valence-corrected chi connectivity index (χ2v) is 10.0. The van der Waals surface area contributed by atoms with Crippen LogP contribution in [0.3, 0.4) is 0 Å². The van der Waals surface area contributed by atoms with Crippen LogP contribution in [0.1, 0.15) is 21.5 Å². The minimum atomic E-state index is -4.00. The number of rotatable bonds is 4. The van der Waals surface area contributed by atoms with Crippen molar-refractivity contribution in [2.45, 2.75) is 18.0 Å². The molecule has 0 atom stereocenters. The number of hydrogen-bond acceptors (Lipinski definition) is 6. The highest BCUT2D eigenvalue weighted by molar-refractivity contribution is 7.89. The highest BCUT2D eigenvalue weighted by Crippen LogP contribution is 2.42. The highest BCUT2D eigenvalue weighted by Gasteiger charge is 2.39. The molecule has 0 saturated carbocycles. The van der Waals surface area contributed by atoms with E-state index < -0.39 is 33.2 Å². The molecule has 2 N–H and O–H groups in total. The maximum Gasteiger partial charge on any atom is 0.258 e. The Hall–Kier alpha value is -2.40. The van der Waals surface area contributed by atoms with Crippen LogP contribution in [0.5, 0.6) is 11.5 Å². The van der Waals surface area contributed by atoms with Crippen molar-refractivity contribution in [1.29, 1.82) is 0 Å². The van der Waals surface area contributed by atoms with Crippen LogP contribution in [0.2, 0.25) is 5.02 Å². The molecule has 11 heteroatoms. The fourth-order valence-corrected chi connectivity index (χ4v) is 5.73. The molecular weight excluding hydrogens is 449 g/mol. The van der Waals surface area contributed by atoms with Crippen LogP contribution in [-0.2, 0) is 23.1 Å². The number of amides is 1. The smallest absolute Gasteiger partial charge is 0.258 e. The van der Waals surface area contributed by atoms with Gasteiger partial charge in [-0.1, -0.05) is 17.7 Å². The Morgan fingerprint density at radius 3 is 2.45 bits per heavy atom. The first-order valence-corrected chi connectivity index (χ1v) is 11.4. The molecule has 0 radical (unpaired) electrons. The van der Waals surface area contributed by atoms with Crippen molar-refractivity contribution in [2.24, 2.45) is 0 Å². The van der Waals surface area contributed by atoms with E-state index in [0.717, 1.165) is 6.07 Å². The first kappa shape index (κ1) is 21.8. The molecule has 0 aliphatic carbocycles. The molecule has 166 valence electrons. The van der Waals surface area contributed by atoms with E-state index >= 15 is 0 Å². The van der Waals surface area contributed by atoms with Crippen LogP contribution in [-0.4, -0.2) is 71.9 Å². The van der Waals surface area contributed by atoms with Gasteiger partial charge in [0.25, 0.3) is 5.91 Å². The van der Waals surface area contributed by atoms with Gasteiger partial charge in [0.05, 0.1) is 15.5 Å². The van der Waals surface area contributed by atoms with E-state index in [2.05, 4.69) is 0 Å². The number of nitrogens with zero attached hydrogens (tertiary/aromatic N) is 3. The van der Waals surface area contributed by atoms with Gasteiger partial charge in [-0.2, -0.15) is 4.31 Å². The lowest BCUT2D eigenvalue weighted by Crippen LogP contribution is -2.47. The number of aromatic hydroxyl groups is 2. The van der Waals surface area contributed by atoms with Crippen LogP contribution in [0.4, 0.5) is 4.39 Å². The molecule has 1 saturated heterocycles. The third-order valence-corrected chi connectivity index (χ3v) is 7.89. The predicted octanol–water partition coefficient (Wildman–Crippen LogP) is 1.98. The predicted molar refractivity (Wildman–Crippen MR) is 111 cm³/mol. The first-order chi connectivity index (χ1) is 14.6. The minimum Gasteiger partial charge on any atom is -0.504 e. The van der Waals surface area contributed by atoms with Crippen molar-refractivity contribution in [2.75, 3.05) is 33.2 Å². The number of carbonyl (C=O) groups excluding carboxylic acids is 1. The van der Waals surface area contributed by atoms with Gasteiger partial charge in [0.2, 0.25) is 10.0 Å². The molecule has 2 aliphatic rings. The molecule has 2 aliphatic heterocycles. The number of carbonyl (C=O) groups is 1. The number of sulfonamides is 1. The lowest BCUT2D eigenvalue weighted by Gasteiger charge is -2.32. The molecule has 2 heterocycles. The summed E-state index contributed by atoms with van der Waals surface area (Å²) < 4.78 is 41.3. The van der Waals surface area contributed by atoms with Crippen molar-refractivity contribution in [1.82, 2.24) is 14.1 Å². The van der Waals surface area contributed by atoms with Crippen LogP contribution in [0.15, 0.2) is 29.2 Å². The zero-order valence-corrected chi connectivity index (χ0v) is 18.2. The number of phenolic OH excluding ortho intramolecular Hbond substituents is 2. The minimum absolute atomic E-state index is 0.0295. The Labute approximate surface area is 184 Å². The molecule has 0 spiro atoms. The zero-order valence-electron chi connectivity index (χ0n) is 16.7. The highest BCUT2D eigenvalue weighted by atomic mass is 35.5. The monoisotopic (exact) mass is 469 g/mol. The van der Waals surface area contributed by atoms with E-state index in [4.69, 9.17) is 11.6 Å². The van der Waals surface area contributed by atoms with Gasteiger partial charge in [-0.3, -0.25) is 4.79 Å².